The van der Waals surface area contributed by atoms with Gasteiger partial charge in [-0.2, -0.15) is 0 Å². The van der Waals surface area contributed by atoms with E-state index >= 15 is 0 Å². The highest BCUT2D eigenvalue weighted by Gasteiger charge is 2.16. The summed E-state index contributed by atoms with van der Waals surface area (Å²) in [7, 11) is 2.23. The molecule has 3 heteroatoms. The van der Waals surface area contributed by atoms with Gasteiger partial charge in [0.05, 0.1) is 0 Å². The highest BCUT2D eigenvalue weighted by molar-refractivity contribution is 5.66. The van der Waals surface area contributed by atoms with Crippen LogP contribution in [0.4, 0.5) is 11.4 Å². The number of aryl methyl sites for hydroxylation is 2. The van der Waals surface area contributed by atoms with Crippen molar-refractivity contribution in [3.8, 4) is 0 Å². The summed E-state index contributed by atoms with van der Waals surface area (Å²) in [5.74, 6) is 0. The Morgan fingerprint density at radius 1 is 0.697 bits per heavy atom. The zero-order valence-corrected chi connectivity index (χ0v) is 21.9. The Morgan fingerprint density at radius 3 is 1.42 bits per heavy atom. The molecule has 1 saturated heterocycles. The van der Waals surface area contributed by atoms with Crippen molar-refractivity contribution < 1.29 is 0 Å². The minimum atomic E-state index is 1.04. The van der Waals surface area contributed by atoms with Crippen molar-refractivity contribution in [2.24, 2.45) is 0 Å². The van der Waals surface area contributed by atoms with Crippen LogP contribution >= 0.6 is 0 Å². The topological polar surface area (TPSA) is 9.72 Å². The van der Waals surface area contributed by atoms with Crippen molar-refractivity contribution in [2.45, 2.75) is 48.0 Å². The van der Waals surface area contributed by atoms with Crippen LogP contribution in [-0.4, -0.2) is 51.2 Å². The van der Waals surface area contributed by atoms with Gasteiger partial charge in [-0.3, -0.25) is 4.90 Å². The minimum Gasteiger partial charge on any atom is -0.372 e. The van der Waals surface area contributed by atoms with Crippen molar-refractivity contribution in [1.82, 2.24) is 4.90 Å². The largest absolute Gasteiger partial charge is 0.372 e. The summed E-state index contributed by atoms with van der Waals surface area (Å²) in [4.78, 5) is 7.25. The molecule has 1 aliphatic heterocycles. The molecule has 33 heavy (non-hydrogen) atoms. The first kappa shape index (κ1) is 25.1. The molecule has 2 aromatic rings. The van der Waals surface area contributed by atoms with Crippen molar-refractivity contribution in [1.29, 1.82) is 0 Å². The highest BCUT2D eigenvalue weighted by atomic mass is 15.1. The van der Waals surface area contributed by atoms with Gasteiger partial charge in [0, 0.05) is 50.6 Å². The van der Waals surface area contributed by atoms with Crippen LogP contribution in [0, 0.1) is 13.8 Å². The van der Waals surface area contributed by atoms with Crippen molar-refractivity contribution in [2.75, 3.05) is 56.1 Å². The van der Waals surface area contributed by atoms with Gasteiger partial charge in [-0.1, -0.05) is 35.4 Å². The van der Waals surface area contributed by atoms with Crippen LogP contribution in [0.3, 0.4) is 0 Å². The van der Waals surface area contributed by atoms with Gasteiger partial charge in [0.2, 0.25) is 0 Å². The Balaban J connectivity index is 1.83. The van der Waals surface area contributed by atoms with E-state index in [1.165, 1.54) is 44.8 Å². The molecule has 0 unspecified atom stereocenters. The highest BCUT2D eigenvalue weighted by Crippen LogP contribution is 2.28. The lowest BCUT2D eigenvalue weighted by molar-refractivity contribution is 0.369. The molecule has 0 atom stereocenters. The fourth-order valence-corrected chi connectivity index (χ4v) is 5.00. The summed E-state index contributed by atoms with van der Waals surface area (Å²) in [5.41, 5.74) is 11.0. The second-order valence-corrected chi connectivity index (χ2v) is 9.38. The molecule has 3 nitrogen and oxygen atoms in total. The van der Waals surface area contributed by atoms with Crippen molar-refractivity contribution in [3.05, 3.63) is 69.8 Å². The van der Waals surface area contributed by atoms with Gasteiger partial charge in [-0.25, -0.2) is 0 Å². The maximum absolute atomic E-state index is 2.43. The molecule has 0 N–H and O–H groups in total. The van der Waals surface area contributed by atoms with Gasteiger partial charge in [0.15, 0.2) is 0 Å². The van der Waals surface area contributed by atoms with E-state index in [1.54, 1.807) is 0 Å². The lowest BCUT2D eigenvalue weighted by atomic mass is 9.94. The molecule has 178 valence electrons. The number of hydrogen-bond acceptors (Lipinski definition) is 3. The van der Waals surface area contributed by atoms with Crippen LogP contribution in [0.15, 0.2) is 47.5 Å². The molecule has 0 radical (unpaired) electrons. The van der Waals surface area contributed by atoms with Crippen LogP contribution in [0.5, 0.6) is 0 Å². The lowest BCUT2D eigenvalue weighted by Gasteiger charge is -2.28. The minimum absolute atomic E-state index is 1.04. The molecule has 0 spiro atoms. The van der Waals surface area contributed by atoms with Crippen molar-refractivity contribution in [3.63, 3.8) is 0 Å². The molecule has 0 saturated carbocycles. The second kappa shape index (κ2) is 11.6. The van der Waals surface area contributed by atoms with E-state index in [9.17, 15) is 0 Å². The molecule has 1 aliphatic rings. The average Bonchev–Trinajstić information content (AvgIpc) is 2.78. The maximum atomic E-state index is 2.43. The number of benzene rings is 2. The van der Waals surface area contributed by atoms with E-state index in [0.29, 0.717) is 0 Å². The zero-order chi connectivity index (χ0) is 24.0. The van der Waals surface area contributed by atoms with E-state index in [0.717, 1.165) is 45.7 Å². The molecular formula is C30H43N3. The summed E-state index contributed by atoms with van der Waals surface area (Å²) in [5, 5.41) is 0. The second-order valence-electron chi connectivity index (χ2n) is 9.38. The SMILES string of the molecule is CCN(CC)c1ccc(C=C2CC(=Cc3ccc(N(CC)CC)cc3C)CN(C)C2)c(C)c1. The molecule has 1 fully saturated rings. The number of likely N-dealkylation sites (tertiary alicyclic amines) is 1. The van der Waals surface area contributed by atoms with Gasteiger partial charge in [0.1, 0.15) is 0 Å². The fraction of sp³-hybridized carbons (Fsp3) is 0.467. The monoisotopic (exact) mass is 445 g/mol. The van der Waals surface area contributed by atoms with Crippen molar-refractivity contribution >= 4 is 23.5 Å². The Kier molecular flexibility index (Phi) is 8.80. The maximum Gasteiger partial charge on any atom is 0.0369 e. The van der Waals surface area contributed by atoms with Crippen LogP contribution in [0.1, 0.15) is 56.4 Å². The number of rotatable bonds is 8. The molecule has 0 amide bonds. The molecule has 0 bridgehead atoms. The number of anilines is 2. The van der Waals surface area contributed by atoms with E-state index in [1.807, 2.05) is 0 Å². The molecule has 0 aliphatic carbocycles. The number of likely N-dealkylation sites (N-methyl/N-ethyl adjacent to an activating group) is 1. The number of hydrogen-bond donors (Lipinski definition) is 0. The van der Waals surface area contributed by atoms with Gasteiger partial charge >= 0.3 is 0 Å². The summed E-state index contributed by atoms with van der Waals surface area (Å²) >= 11 is 0. The van der Waals surface area contributed by atoms with Crippen LogP contribution in [0.25, 0.3) is 12.2 Å². The third kappa shape index (κ3) is 6.29. The molecule has 1 heterocycles. The summed E-state index contributed by atoms with van der Waals surface area (Å²) < 4.78 is 0. The smallest absolute Gasteiger partial charge is 0.0369 e. The Hall–Kier alpha value is -2.52. The summed E-state index contributed by atoms with van der Waals surface area (Å²) in [6, 6.07) is 13.8. The Morgan fingerprint density at radius 2 is 1.09 bits per heavy atom. The van der Waals surface area contributed by atoms with E-state index in [4.69, 9.17) is 0 Å². The molecule has 2 aromatic carbocycles. The zero-order valence-electron chi connectivity index (χ0n) is 21.9. The van der Waals surface area contributed by atoms with E-state index in [-0.39, 0.29) is 0 Å². The van der Waals surface area contributed by atoms with Crippen LogP contribution in [0.2, 0.25) is 0 Å². The lowest BCUT2D eigenvalue weighted by Crippen LogP contribution is -2.28. The number of nitrogens with zero attached hydrogens (tertiary/aromatic N) is 3. The van der Waals surface area contributed by atoms with Gasteiger partial charge in [0.25, 0.3) is 0 Å². The van der Waals surface area contributed by atoms with Crippen LogP contribution in [-0.2, 0) is 0 Å². The van der Waals surface area contributed by atoms with Gasteiger partial charge in [-0.15, -0.1) is 0 Å². The Labute approximate surface area is 202 Å². The third-order valence-corrected chi connectivity index (χ3v) is 6.88. The normalized spacial score (nSPS) is 17.1. The van der Waals surface area contributed by atoms with E-state index < -0.39 is 0 Å². The summed E-state index contributed by atoms with van der Waals surface area (Å²) in [6.45, 7) is 19.6. The standard InChI is InChI=1S/C30H43N3/c1-8-32(9-2)29-14-12-27(23(5)16-29)19-25-18-26(22-31(7)21-25)20-28-13-15-30(17-24(28)6)33(10-3)11-4/h12-17,19-20H,8-11,18,21-22H2,1-7H3. The number of piperidine rings is 1. The van der Waals surface area contributed by atoms with Gasteiger partial charge < -0.3 is 9.80 Å². The molecule has 3 rings (SSSR count). The van der Waals surface area contributed by atoms with Crippen LogP contribution < -0.4 is 9.80 Å². The predicted molar refractivity (Wildman–Crippen MR) is 148 cm³/mol. The predicted octanol–water partition coefficient (Wildman–Crippen LogP) is 6.80. The van der Waals surface area contributed by atoms with E-state index in [2.05, 4.69) is 112 Å². The first-order chi connectivity index (χ1) is 15.9. The van der Waals surface area contributed by atoms with Gasteiger partial charge in [-0.05, 0) is 102 Å². The quantitative estimate of drug-likeness (QED) is 0.442. The first-order valence-electron chi connectivity index (χ1n) is 12.7. The first-order valence-corrected chi connectivity index (χ1v) is 12.7. The fourth-order valence-electron chi connectivity index (χ4n) is 5.00. The molecule has 0 aromatic heterocycles. The summed E-state index contributed by atoms with van der Waals surface area (Å²) in [6.07, 6.45) is 5.89. The molecular weight excluding hydrogens is 402 g/mol. The Bertz CT molecular complexity index is 914. The third-order valence-electron chi connectivity index (χ3n) is 6.88. The average molecular weight is 446 g/mol.